The van der Waals surface area contributed by atoms with Crippen molar-refractivity contribution in [1.29, 1.82) is 5.39 Å². The third-order valence-corrected chi connectivity index (χ3v) is 3.52. The van der Waals surface area contributed by atoms with Crippen LogP contribution in [0, 0.1) is 11.2 Å². The predicted octanol–water partition coefficient (Wildman–Crippen LogP) is 2.94. The fourth-order valence-electron chi connectivity index (χ4n) is 2.44. The van der Waals surface area contributed by atoms with Crippen molar-refractivity contribution in [2.75, 3.05) is 13.1 Å². The highest BCUT2D eigenvalue weighted by molar-refractivity contribution is 5.98. The van der Waals surface area contributed by atoms with Gasteiger partial charge < -0.3 is 9.88 Å². The summed E-state index contributed by atoms with van der Waals surface area (Å²) in [6.07, 6.45) is 1.90. The van der Waals surface area contributed by atoms with E-state index in [0.717, 1.165) is 12.8 Å². The molecule has 1 aromatic heterocycles. The molecule has 0 unspecified atom stereocenters. The summed E-state index contributed by atoms with van der Waals surface area (Å²) in [6.45, 7) is 1.33. The van der Waals surface area contributed by atoms with E-state index in [1.54, 1.807) is 23.1 Å². The molecule has 6 nitrogen and oxygen atoms in total. The van der Waals surface area contributed by atoms with Crippen molar-refractivity contribution < 1.29 is 9.18 Å². The number of nitrogens with zero attached hydrogens (tertiary/aromatic N) is 4. The molecule has 1 aliphatic heterocycles. The van der Waals surface area contributed by atoms with Gasteiger partial charge in [0.2, 0.25) is 5.69 Å². The summed E-state index contributed by atoms with van der Waals surface area (Å²) in [5.41, 5.74) is 0.306. The van der Waals surface area contributed by atoms with Crippen LogP contribution in [0.25, 0.3) is 16.4 Å². The number of hydrogen-bond acceptors (Lipinski definition) is 3. The van der Waals surface area contributed by atoms with Crippen molar-refractivity contribution in [1.82, 2.24) is 14.9 Å². The Hall–Kier alpha value is -2.75. The van der Waals surface area contributed by atoms with Crippen LogP contribution in [0.1, 0.15) is 23.3 Å². The van der Waals surface area contributed by atoms with E-state index in [1.807, 2.05) is 0 Å². The van der Waals surface area contributed by atoms with E-state index >= 15 is 0 Å². The largest absolute Gasteiger partial charge is 0.496 e. The SMILES string of the molecule is N#[N+]c1nc(-c2ccccc2F)[nH]c1C(=O)N1CCCC1. The van der Waals surface area contributed by atoms with Gasteiger partial charge in [-0.2, -0.15) is 0 Å². The average molecular weight is 286 g/mol. The van der Waals surface area contributed by atoms with E-state index in [4.69, 9.17) is 5.39 Å². The topological polar surface area (TPSA) is 77.1 Å². The van der Waals surface area contributed by atoms with Crippen molar-refractivity contribution in [3.8, 4) is 11.4 Å². The number of benzene rings is 1. The maximum absolute atomic E-state index is 13.8. The van der Waals surface area contributed by atoms with E-state index in [0.29, 0.717) is 13.1 Å². The van der Waals surface area contributed by atoms with Gasteiger partial charge >= 0.3 is 5.82 Å². The van der Waals surface area contributed by atoms with E-state index in [2.05, 4.69) is 14.9 Å². The number of aromatic amines is 1. The fourth-order valence-corrected chi connectivity index (χ4v) is 2.44. The number of carbonyl (C=O) groups excluding carboxylic acids is 1. The number of hydrogen-bond donors (Lipinski definition) is 1. The van der Waals surface area contributed by atoms with Crippen LogP contribution in [-0.4, -0.2) is 33.9 Å². The number of diazo groups is 1. The van der Waals surface area contributed by atoms with Crippen molar-refractivity contribution in [3.05, 3.63) is 40.8 Å². The quantitative estimate of drug-likeness (QED) is 0.862. The van der Waals surface area contributed by atoms with E-state index in [-0.39, 0.29) is 28.8 Å². The predicted molar refractivity (Wildman–Crippen MR) is 73.9 cm³/mol. The average Bonchev–Trinajstić information content (AvgIpc) is 3.16. The third kappa shape index (κ3) is 2.36. The Morgan fingerprint density at radius 3 is 2.71 bits per heavy atom. The van der Waals surface area contributed by atoms with Crippen LogP contribution in [0.2, 0.25) is 0 Å². The van der Waals surface area contributed by atoms with Gasteiger partial charge in [0.15, 0.2) is 0 Å². The first-order chi connectivity index (χ1) is 10.2. The summed E-state index contributed by atoms with van der Waals surface area (Å²) in [7, 11) is 0. The van der Waals surface area contributed by atoms with Crippen LogP contribution in [0.15, 0.2) is 24.3 Å². The number of carbonyl (C=O) groups is 1. The van der Waals surface area contributed by atoms with Crippen LogP contribution in [0.5, 0.6) is 0 Å². The fraction of sp³-hybridized carbons (Fsp3) is 0.286. The lowest BCUT2D eigenvalue weighted by Gasteiger charge is -2.12. The first-order valence-corrected chi connectivity index (χ1v) is 6.70. The Morgan fingerprint density at radius 2 is 2.05 bits per heavy atom. The van der Waals surface area contributed by atoms with Crippen molar-refractivity contribution >= 4 is 11.7 Å². The van der Waals surface area contributed by atoms with E-state index in [1.165, 1.54) is 6.07 Å². The number of nitrogens with one attached hydrogen (secondary N) is 1. The molecule has 1 fully saturated rings. The van der Waals surface area contributed by atoms with Crippen LogP contribution >= 0.6 is 0 Å². The second kappa shape index (κ2) is 5.32. The van der Waals surface area contributed by atoms with E-state index in [9.17, 15) is 9.18 Å². The van der Waals surface area contributed by atoms with Gasteiger partial charge in [-0.25, -0.2) is 4.39 Å². The minimum absolute atomic E-state index is 0.0812. The molecule has 2 heterocycles. The van der Waals surface area contributed by atoms with Gasteiger partial charge in [0, 0.05) is 18.1 Å². The molecule has 3 rings (SSSR count). The standard InChI is InChI=1S/C14H12FN5O/c15-10-6-2-1-5-9(10)12-17-11(13(18-12)19-16)14(21)20-7-3-4-8-20/h1-2,5-6H,3-4,7-8H2/p+1. The zero-order valence-electron chi connectivity index (χ0n) is 11.2. The molecule has 0 spiro atoms. The minimum atomic E-state index is -0.462. The molecule has 0 aliphatic carbocycles. The van der Waals surface area contributed by atoms with Crippen LogP contribution in [-0.2, 0) is 0 Å². The molecule has 106 valence electrons. The molecule has 0 atom stereocenters. The normalized spacial score (nSPS) is 14.2. The van der Waals surface area contributed by atoms with Gasteiger partial charge in [0.05, 0.1) is 11.0 Å². The summed E-state index contributed by atoms with van der Waals surface area (Å²) in [5, 5.41) is 9.02. The minimum Gasteiger partial charge on any atom is -0.337 e. The van der Waals surface area contributed by atoms with Crippen LogP contribution in [0.3, 0.4) is 0 Å². The van der Waals surface area contributed by atoms with Gasteiger partial charge in [-0.05, 0) is 30.0 Å². The smallest absolute Gasteiger partial charge is 0.337 e. The molecular weight excluding hydrogens is 273 g/mol. The van der Waals surface area contributed by atoms with Crippen molar-refractivity contribution in [3.63, 3.8) is 0 Å². The number of halogens is 1. The Balaban J connectivity index is 2.01. The number of aromatic nitrogens is 2. The number of imidazole rings is 1. The monoisotopic (exact) mass is 286 g/mol. The first-order valence-electron chi connectivity index (χ1n) is 6.70. The van der Waals surface area contributed by atoms with Crippen molar-refractivity contribution in [2.24, 2.45) is 0 Å². The summed E-state index contributed by atoms with van der Waals surface area (Å²) in [5.74, 6) is -0.695. The lowest BCUT2D eigenvalue weighted by atomic mass is 10.2. The zero-order chi connectivity index (χ0) is 14.8. The van der Waals surface area contributed by atoms with Crippen LogP contribution in [0.4, 0.5) is 10.2 Å². The number of likely N-dealkylation sites (tertiary alicyclic amines) is 1. The number of H-pyrrole nitrogens is 1. The third-order valence-electron chi connectivity index (χ3n) is 3.52. The first kappa shape index (κ1) is 13.2. The molecule has 1 aromatic carbocycles. The molecule has 7 heteroatoms. The molecule has 0 saturated carbocycles. The van der Waals surface area contributed by atoms with Crippen LogP contribution < -0.4 is 0 Å². The second-order valence-corrected chi connectivity index (χ2v) is 4.86. The van der Waals surface area contributed by atoms with Gasteiger partial charge in [-0.1, -0.05) is 12.1 Å². The Morgan fingerprint density at radius 1 is 1.33 bits per heavy atom. The molecule has 0 radical (unpaired) electrons. The molecule has 0 bridgehead atoms. The molecule has 21 heavy (non-hydrogen) atoms. The molecular formula is C14H13FN5O+. The molecule has 2 aromatic rings. The Labute approximate surface area is 120 Å². The highest BCUT2D eigenvalue weighted by atomic mass is 19.1. The molecule has 1 saturated heterocycles. The van der Waals surface area contributed by atoms with Gasteiger partial charge in [-0.3, -0.25) is 4.79 Å². The lowest BCUT2D eigenvalue weighted by molar-refractivity contribution is 0.0789. The lowest BCUT2D eigenvalue weighted by Crippen LogP contribution is -2.27. The summed E-state index contributed by atoms with van der Waals surface area (Å²) < 4.78 is 13.8. The highest BCUT2D eigenvalue weighted by Gasteiger charge is 2.33. The summed E-state index contributed by atoms with van der Waals surface area (Å²) in [4.78, 5) is 23.8. The Kier molecular flexibility index (Phi) is 3.36. The second-order valence-electron chi connectivity index (χ2n) is 4.86. The van der Waals surface area contributed by atoms with Gasteiger partial charge in [0.25, 0.3) is 11.7 Å². The van der Waals surface area contributed by atoms with Crippen molar-refractivity contribution in [2.45, 2.75) is 12.8 Å². The number of rotatable bonds is 2. The van der Waals surface area contributed by atoms with E-state index < -0.39 is 5.82 Å². The summed E-state index contributed by atoms with van der Waals surface area (Å²) >= 11 is 0. The molecule has 1 N–H and O–H groups in total. The maximum Gasteiger partial charge on any atom is 0.496 e. The molecule has 1 amide bonds. The van der Waals surface area contributed by atoms with Gasteiger partial charge in [0.1, 0.15) is 5.82 Å². The highest BCUT2D eigenvalue weighted by Crippen LogP contribution is 2.27. The van der Waals surface area contributed by atoms with Gasteiger partial charge in [-0.15, -0.1) is 0 Å². The zero-order valence-corrected chi connectivity index (χ0v) is 11.2. The summed E-state index contributed by atoms with van der Waals surface area (Å²) in [6, 6.07) is 6.07. The maximum atomic E-state index is 13.8. The number of amides is 1. The Bertz CT molecular complexity index is 727. The molecule has 1 aliphatic rings.